The Balaban J connectivity index is 2.60. The Hall–Kier alpha value is -2.37. The van der Waals surface area contributed by atoms with Gasteiger partial charge in [0.1, 0.15) is 0 Å². The van der Waals surface area contributed by atoms with E-state index >= 15 is 0 Å². The first-order valence-corrected chi connectivity index (χ1v) is 6.81. The highest BCUT2D eigenvalue weighted by molar-refractivity contribution is 5.78. The Morgan fingerprint density at radius 2 is 1.71 bits per heavy atom. The van der Waals surface area contributed by atoms with Gasteiger partial charge in [-0.25, -0.2) is 0 Å². The molecule has 1 aromatic rings. The molecule has 0 aliphatic rings. The maximum atomic E-state index is 12.1. The first-order valence-electron chi connectivity index (χ1n) is 6.81. The molecule has 6 nitrogen and oxygen atoms in total. The molecule has 6 heteroatoms. The zero-order chi connectivity index (χ0) is 15.7. The van der Waals surface area contributed by atoms with Crippen molar-refractivity contribution in [3.05, 3.63) is 35.9 Å². The molecular formula is C15H20N2O4. The first-order chi connectivity index (χ1) is 9.99. The lowest BCUT2D eigenvalue weighted by Crippen LogP contribution is -2.33. The van der Waals surface area contributed by atoms with Gasteiger partial charge in [0.2, 0.25) is 11.8 Å². The number of benzene rings is 1. The van der Waals surface area contributed by atoms with E-state index in [2.05, 4.69) is 0 Å². The second kappa shape index (κ2) is 8.73. The second-order valence-corrected chi connectivity index (χ2v) is 4.76. The van der Waals surface area contributed by atoms with Gasteiger partial charge in [-0.2, -0.15) is 0 Å². The van der Waals surface area contributed by atoms with Gasteiger partial charge in [0.15, 0.2) is 0 Å². The number of carboxylic acid groups (broad SMARTS) is 1. The van der Waals surface area contributed by atoms with Crippen molar-refractivity contribution in [1.29, 1.82) is 0 Å². The molecular weight excluding hydrogens is 272 g/mol. The van der Waals surface area contributed by atoms with Crippen LogP contribution in [0.4, 0.5) is 0 Å². The van der Waals surface area contributed by atoms with E-state index in [1.165, 1.54) is 0 Å². The highest BCUT2D eigenvalue weighted by Crippen LogP contribution is 2.09. The van der Waals surface area contributed by atoms with E-state index in [0.717, 1.165) is 5.56 Å². The van der Waals surface area contributed by atoms with Gasteiger partial charge >= 0.3 is 5.97 Å². The number of aliphatic carboxylic acids is 1. The molecule has 0 aliphatic carbocycles. The van der Waals surface area contributed by atoms with Crippen molar-refractivity contribution < 1.29 is 19.5 Å². The molecule has 1 rings (SSSR count). The molecule has 0 fully saturated rings. The average molecular weight is 292 g/mol. The van der Waals surface area contributed by atoms with Crippen molar-refractivity contribution in [2.45, 2.75) is 32.2 Å². The average Bonchev–Trinajstić information content (AvgIpc) is 2.43. The molecule has 0 aliphatic heterocycles. The molecule has 21 heavy (non-hydrogen) atoms. The van der Waals surface area contributed by atoms with Crippen LogP contribution in [0, 0.1) is 0 Å². The number of nitrogens with zero attached hydrogens (tertiary/aromatic N) is 1. The summed E-state index contributed by atoms with van der Waals surface area (Å²) in [6.07, 6.45) is 0.492. The van der Waals surface area contributed by atoms with Gasteiger partial charge in [-0.1, -0.05) is 30.3 Å². The van der Waals surface area contributed by atoms with Crippen LogP contribution in [0.1, 0.15) is 31.2 Å². The van der Waals surface area contributed by atoms with E-state index in [1.54, 1.807) is 4.90 Å². The van der Waals surface area contributed by atoms with Crippen LogP contribution in [0.15, 0.2) is 30.3 Å². The zero-order valence-corrected chi connectivity index (χ0v) is 11.8. The van der Waals surface area contributed by atoms with Crippen molar-refractivity contribution in [3.63, 3.8) is 0 Å². The van der Waals surface area contributed by atoms with Crippen molar-refractivity contribution in [3.8, 4) is 0 Å². The molecule has 0 atom stereocenters. The number of hydrogen-bond donors (Lipinski definition) is 2. The van der Waals surface area contributed by atoms with E-state index in [0.29, 0.717) is 6.54 Å². The van der Waals surface area contributed by atoms with Crippen molar-refractivity contribution in [2.24, 2.45) is 5.73 Å². The van der Waals surface area contributed by atoms with Crippen LogP contribution in [0.2, 0.25) is 0 Å². The van der Waals surface area contributed by atoms with Crippen molar-refractivity contribution in [1.82, 2.24) is 4.90 Å². The van der Waals surface area contributed by atoms with Crippen LogP contribution in [-0.4, -0.2) is 34.3 Å². The summed E-state index contributed by atoms with van der Waals surface area (Å²) in [7, 11) is 0. The number of primary amides is 1. The Labute approximate surface area is 123 Å². The van der Waals surface area contributed by atoms with Crippen molar-refractivity contribution in [2.75, 3.05) is 6.54 Å². The summed E-state index contributed by atoms with van der Waals surface area (Å²) in [5, 5.41) is 8.59. The van der Waals surface area contributed by atoms with Crippen LogP contribution in [0.25, 0.3) is 0 Å². The molecule has 0 saturated heterocycles. The first kappa shape index (κ1) is 16.7. The van der Waals surface area contributed by atoms with Crippen LogP contribution < -0.4 is 5.73 Å². The number of rotatable bonds is 9. The highest BCUT2D eigenvalue weighted by Gasteiger charge is 2.15. The summed E-state index contributed by atoms with van der Waals surface area (Å²) < 4.78 is 0. The molecule has 0 spiro atoms. The SMILES string of the molecule is NC(=O)CCN(Cc1ccccc1)C(=O)CCCC(=O)O. The number of carbonyl (C=O) groups excluding carboxylic acids is 2. The topological polar surface area (TPSA) is 101 Å². The Morgan fingerprint density at radius 3 is 2.29 bits per heavy atom. The third kappa shape index (κ3) is 7.10. The van der Waals surface area contributed by atoms with Gasteiger partial charge in [-0.3, -0.25) is 14.4 Å². The lowest BCUT2D eigenvalue weighted by molar-refractivity contribution is -0.137. The number of carbonyl (C=O) groups is 3. The summed E-state index contributed by atoms with van der Waals surface area (Å²) in [4.78, 5) is 35.0. The van der Waals surface area contributed by atoms with Crippen LogP contribution in [0.3, 0.4) is 0 Å². The minimum Gasteiger partial charge on any atom is -0.481 e. The van der Waals surface area contributed by atoms with Crippen LogP contribution in [0.5, 0.6) is 0 Å². The van der Waals surface area contributed by atoms with E-state index in [1.807, 2.05) is 30.3 Å². The van der Waals surface area contributed by atoms with Gasteiger partial charge in [0, 0.05) is 32.4 Å². The predicted molar refractivity (Wildman–Crippen MR) is 77.2 cm³/mol. The molecule has 0 unspecified atom stereocenters. The fourth-order valence-corrected chi connectivity index (χ4v) is 1.89. The zero-order valence-electron chi connectivity index (χ0n) is 11.8. The molecule has 0 aromatic heterocycles. The molecule has 114 valence electrons. The van der Waals surface area contributed by atoms with E-state index in [4.69, 9.17) is 10.8 Å². The van der Waals surface area contributed by atoms with Gasteiger partial charge in [-0.15, -0.1) is 0 Å². The fourth-order valence-electron chi connectivity index (χ4n) is 1.89. The highest BCUT2D eigenvalue weighted by atomic mass is 16.4. The minimum absolute atomic E-state index is 0.0409. The monoisotopic (exact) mass is 292 g/mol. The Kier molecular flexibility index (Phi) is 6.94. The summed E-state index contributed by atoms with van der Waals surface area (Å²) in [6, 6.07) is 9.41. The number of nitrogens with two attached hydrogens (primary N) is 1. The van der Waals surface area contributed by atoms with E-state index in [9.17, 15) is 14.4 Å². The maximum Gasteiger partial charge on any atom is 0.303 e. The lowest BCUT2D eigenvalue weighted by atomic mass is 10.1. The molecule has 0 heterocycles. The summed E-state index contributed by atoms with van der Waals surface area (Å²) in [6.45, 7) is 0.635. The molecule has 0 radical (unpaired) electrons. The van der Waals surface area contributed by atoms with Crippen LogP contribution in [-0.2, 0) is 20.9 Å². The van der Waals surface area contributed by atoms with Gasteiger partial charge in [0.25, 0.3) is 0 Å². The minimum atomic E-state index is -0.922. The Bertz CT molecular complexity index is 488. The number of hydrogen-bond acceptors (Lipinski definition) is 3. The summed E-state index contributed by atoms with van der Waals surface area (Å²) in [5.41, 5.74) is 6.07. The van der Waals surface area contributed by atoms with Gasteiger partial charge < -0.3 is 15.7 Å². The quantitative estimate of drug-likeness (QED) is 0.712. The number of carboxylic acids is 1. The third-order valence-electron chi connectivity index (χ3n) is 2.98. The van der Waals surface area contributed by atoms with Crippen LogP contribution >= 0.6 is 0 Å². The molecule has 1 aromatic carbocycles. The molecule has 2 amide bonds. The predicted octanol–water partition coefficient (Wildman–Crippen LogP) is 1.15. The largest absolute Gasteiger partial charge is 0.481 e. The lowest BCUT2D eigenvalue weighted by Gasteiger charge is -2.22. The normalized spacial score (nSPS) is 10.1. The summed E-state index contributed by atoms with van der Waals surface area (Å²) in [5.74, 6) is -1.55. The maximum absolute atomic E-state index is 12.1. The Morgan fingerprint density at radius 1 is 1.05 bits per heavy atom. The van der Waals surface area contributed by atoms with E-state index in [-0.39, 0.29) is 38.1 Å². The third-order valence-corrected chi connectivity index (χ3v) is 2.98. The van der Waals surface area contributed by atoms with Crippen molar-refractivity contribution >= 4 is 17.8 Å². The smallest absolute Gasteiger partial charge is 0.303 e. The standard InChI is InChI=1S/C15H20N2O4/c16-13(18)9-10-17(11-12-5-2-1-3-6-12)14(19)7-4-8-15(20)21/h1-3,5-6H,4,7-11H2,(H2,16,18)(H,20,21). The molecule has 0 saturated carbocycles. The molecule has 3 N–H and O–H groups in total. The van der Waals surface area contributed by atoms with Gasteiger partial charge in [-0.05, 0) is 12.0 Å². The second-order valence-electron chi connectivity index (χ2n) is 4.76. The summed E-state index contributed by atoms with van der Waals surface area (Å²) >= 11 is 0. The fraction of sp³-hybridized carbons (Fsp3) is 0.400. The van der Waals surface area contributed by atoms with E-state index < -0.39 is 11.9 Å². The molecule has 0 bridgehead atoms. The number of amides is 2. The van der Waals surface area contributed by atoms with Gasteiger partial charge in [0.05, 0.1) is 0 Å².